The van der Waals surface area contributed by atoms with Crippen molar-refractivity contribution in [1.82, 2.24) is 14.6 Å². The Bertz CT molecular complexity index is 751. The van der Waals surface area contributed by atoms with Crippen LogP contribution >= 0.6 is 12.4 Å². The molecule has 1 aromatic carbocycles. The lowest BCUT2D eigenvalue weighted by Crippen LogP contribution is -2.46. The summed E-state index contributed by atoms with van der Waals surface area (Å²) in [4.78, 5) is 4.54. The lowest BCUT2D eigenvalue weighted by molar-refractivity contribution is 0.293. The van der Waals surface area contributed by atoms with Crippen molar-refractivity contribution in [1.29, 1.82) is 0 Å². The molecule has 2 heterocycles. The lowest BCUT2D eigenvalue weighted by Gasteiger charge is -2.31. The smallest absolute Gasteiger partial charge is 0.244 e. The van der Waals surface area contributed by atoms with Crippen LogP contribution in [0.15, 0.2) is 41.4 Å². The number of sulfonamides is 1. The van der Waals surface area contributed by atoms with E-state index in [2.05, 4.69) is 10.3 Å². The number of pyridine rings is 1. The van der Waals surface area contributed by atoms with E-state index < -0.39 is 10.0 Å². The van der Waals surface area contributed by atoms with Crippen LogP contribution in [0, 0.1) is 0 Å². The number of nitrogens with zero attached hydrogens (tertiary/aromatic N) is 2. The molecule has 5 nitrogen and oxygen atoms in total. The summed E-state index contributed by atoms with van der Waals surface area (Å²) in [6.45, 7) is 1.10. The second-order valence-corrected chi connectivity index (χ2v) is 7.29. The average molecular weight is 342 g/mol. The van der Waals surface area contributed by atoms with Crippen LogP contribution in [0.5, 0.6) is 0 Å². The molecule has 1 atom stereocenters. The van der Waals surface area contributed by atoms with Crippen LogP contribution in [0.3, 0.4) is 0 Å². The fourth-order valence-corrected chi connectivity index (χ4v) is 4.24. The van der Waals surface area contributed by atoms with E-state index in [1.165, 1.54) is 6.20 Å². The van der Waals surface area contributed by atoms with Gasteiger partial charge in [0.15, 0.2) is 0 Å². The standard InChI is InChI=1S/C15H19N3O2S.ClH/c1-16-13-6-4-8-18(11-13)21(19,20)14-9-12-5-2-3-7-15(12)17-10-14;/h2-3,5,7,9-10,13,16H,4,6,8,11H2,1H3;1H. The van der Waals surface area contributed by atoms with Gasteiger partial charge in [-0.25, -0.2) is 8.42 Å². The molecule has 7 heteroatoms. The molecule has 1 aromatic heterocycles. The number of para-hydroxylation sites is 1. The van der Waals surface area contributed by atoms with Gasteiger partial charge < -0.3 is 5.32 Å². The van der Waals surface area contributed by atoms with Gasteiger partial charge in [-0.05, 0) is 32.0 Å². The molecule has 1 aliphatic rings. The molecule has 0 saturated carbocycles. The van der Waals surface area contributed by atoms with E-state index in [-0.39, 0.29) is 23.3 Å². The van der Waals surface area contributed by atoms with Gasteiger partial charge in [0.25, 0.3) is 0 Å². The van der Waals surface area contributed by atoms with E-state index in [9.17, 15) is 8.42 Å². The minimum Gasteiger partial charge on any atom is -0.316 e. The number of likely N-dealkylation sites (N-methyl/N-ethyl adjacent to an activating group) is 1. The zero-order valence-corrected chi connectivity index (χ0v) is 14.0. The van der Waals surface area contributed by atoms with E-state index >= 15 is 0 Å². The van der Waals surface area contributed by atoms with Gasteiger partial charge in [-0.3, -0.25) is 4.98 Å². The molecule has 1 fully saturated rings. The summed E-state index contributed by atoms with van der Waals surface area (Å²) in [7, 11) is -1.59. The first-order valence-corrected chi connectivity index (χ1v) is 8.57. The topological polar surface area (TPSA) is 62.3 Å². The first kappa shape index (κ1) is 17.1. The fraction of sp³-hybridized carbons (Fsp3) is 0.400. The third-order valence-electron chi connectivity index (χ3n) is 4.00. The van der Waals surface area contributed by atoms with Crippen molar-refractivity contribution in [2.24, 2.45) is 0 Å². The summed E-state index contributed by atoms with van der Waals surface area (Å²) < 4.78 is 27.1. The van der Waals surface area contributed by atoms with Gasteiger partial charge in [0, 0.05) is 30.7 Å². The molecule has 0 aliphatic carbocycles. The summed E-state index contributed by atoms with van der Waals surface area (Å²) in [5, 5.41) is 4.01. The Labute approximate surface area is 137 Å². The lowest BCUT2D eigenvalue weighted by atomic mass is 10.1. The number of piperidine rings is 1. The number of rotatable bonds is 3. The molecule has 1 N–H and O–H groups in total. The quantitative estimate of drug-likeness (QED) is 0.928. The largest absolute Gasteiger partial charge is 0.316 e. The molecule has 0 radical (unpaired) electrons. The van der Waals surface area contributed by atoms with E-state index in [1.807, 2.05) is 31.3 Å². The maximum Gasteiger partial charge on any atom is 0.244 e. The highest BCUT2D eigenvalue weighted by Crippen LogP contribution is 2.22. The number of fused-ring (bicyclic) bond motifs is 1. The molecule has 22 heavy (non-hydrogen) atoms. The Balaban J connectivity index is 0.00000176. The molecule has 2 aromatic rings. The minimum absolute atomic E-state index is 0. The number of hydrogen-bond donors (Lipinski definition) is 1. The van der Waals surface area contributed by atoms with Gasteiger partial charge in [0.2, 0.25) is 10.0 Å². The summed E-state index contributed by atoms with van der Waals surface area (Å²) in [6, 6.07) is 9.48. The molecule has 1 unspecified atom stereocenters. The first-order chi connectivity index (χ1) is 10.1. The highest BCUT2D eigenvalue weighted by molar-refractivity contribution is 7.89. The van der Waals surface area contributed by atoms with Gasteiger partial charge in [0.05, 0.1) is 5.52 Å². The number of nitrogens with one attached hydrogen (secondary N) is 1. The van der Waals surface area contributed by atoms with Gasteiger partial charge in [-0.15, -0.1) is 12.4 Å². The zero-order chi connectivity index (χ0) is 14.9. The van der Waals surface area contributed by atoms with Crippen LogP contribution in [0.1, 0.15) is 12.8 Å². The Morgan fingerprint density at radius 3 is 2.86 bits per heavy atom. The van der Waals surface area contributed by atoms with Gasteiger partial charge in [-0.2, -0.15) is 4.31 Å². The predicted molar refractivity (Wildman–Crippen MR) is 89.8 cm³/mol. The summed E-state index contributed by atoms with van der Waals surface area (Å²) in [5.41, 5.74) is 0.809. The third kappa shape index (κ3) is 3.25. The Morgan fingerprint density at radius 2 is 2.09 bits per heavy atom. The molecule has 0 bridgehead atoms. The Kier molecular flexibility index (Phi) is 5.39. The molecular formula is C15H20ClN3O2S. The molecule has 0 amide bonds. The molecule has 120 valence electrons. The highest BCUT2D eigenvalue weighted by atomic mass is 35.5. The second kappa shape index (κ2) is 6.91. The molecule has 0 spiro atoms. The first-order valence-electron chi connectivity index (χ1n) is 7.13. The maximum atomic E-state index is 12.8. The maximum absolute atomic E-state index is 12.8. The summed E-state index contributed by atoms with van der Waals surface area (Å²) in [6.07, 6.45) is 3.35. The Hall–Kier alpha value is -1.21. The average Bonchev–Trinajstić information content (AvgIpc) is 2.54. The highest BCUT2D eigenvalue weighted by Gasteiger charge is 2.29. The number of aromatic nitrogens is 1. The van der Waals surface area contributed by atoms with E-state index in [1.54, 1.807) is 10.4 Å². The second-order valence-electron chi connectivity index (χ2n) is 5.35. The van der Waals surface area contributed by atoms with Crippen molar-refractivity contribution < 1.29 is 8.42 Å². The van der Waals surface area contributed by atoms with Crippen LogP contribution in [-0.2, 0) is 10.0 Å². The fourth-order valence-electron chi connectivity index (χ4n) is 2.74. The van der Waals surface area contributed by atoms with E-state index in [0.717, 1.165) is 23.7 Å². The van der Waals surface area contributed by atoms with Crippen molar-refractivity contribution in [3.8, 4) is 0 Å². The van der Waals surface area contributed by atoms with Crippen LogP contribution in [0.25, 0.3) is 10.9 Å². The number of hydrogen-bond acceptors (Lipinski definition) is 4. The van der Waals surface area contributed by atoms with Crippen LogP contribution in [0.2, 0.25) is 0 Å². The van der Waals surface area contributed by atoms with Crippen molar-refractivity contribution in [3.05, 3.63) is 36.5 Å². The SMILES string of the molecule is CNC1CCCN(S(=O)(=O)c2cnc3ccccc3c2)C1.Cl. The van der Waals surface area contributed by atoms with Crippen molar-refractivity contribution >= 4 is 33.3 Å². The van der Waals surface area contributed by atoms with Gasteiger partial charge >= 0.3 is 0 Å². The number of halogens is 1. The van der Waals surface area contributed by atoms with Crippen molar-refractivity contribution in [2.45, 2.75) is 23.8 Å². The third-order valence-corrected chi connectivity index (χ3v) is 5.83. The van der Waals surface area contributed by atoms with E-state index in [0.29, 0.717) is 13.1 Å². The molecule has 1 aliphatic heterocycles. The summed E-state index contributed by atoms with van der Waals surface area (Å²) >= 11 is 0. The molecule has 1 saturated heterocycles. The monoisotopic (exact) mass is 341 g/mol. The van der Waals surface area contributed by atoms with Gasteiger partial charge in [-0.1, -0.05) is 18.2 Å². The van der Waals surface area contributed by atoms with Gasteiger partial charge in [0.1, 0.15) is 4.90 Å². The van der Waals surface area contributed by atoms with Crippen molar-refractivity contribution in [2.75, 3.05) is 20.1 Å². The Morgan fingerprint density at radius 1 is 1.32 bits per heavy atom. The normalized spacial score (nSPS) is 19.8. The van der Waals surface area contributed by atoms with Crippen LogP contribution < -0.4 is 5.32 Å². The zero-order valence-electron chi connectivity index (χ0n) is 12.4. The summed E-state index contributed by atoms with van der Waals surface area (Å²) in [5.74, 6) is 0. The van der Waals surface area contributed by atoms with Crippen LogP contribution in [0.4, 0.5) is 0 Å². The van der Waals surface area contributed by atoms with Crippen LogP contribution in [-0.4, -0.2) is 43.9 Å². The predicted octanol–water partition coefficient (Wildman–Crippen LogP) is 2.03. The van der Waals surface area contributed by atoms with E-state index in [4.69, 9.17) is 0 Å². The molecular weight excluding hydrogens is 322 g/mol. The minimum atomic E-state index is -3.47. The van der Waals surface area contributed by atoms with Crippen molar-refractivity contribution in [3.63, 3.8) is 0 Å². The molecule has 3 rings (SSSR count). The number of benzene rings is 1.